The predicted molar refractivity (Wildman–Crippen MR) is 101 cm³/mol. The van der Waals surface area contributed by atoms with E-state index in [9.17, 15) is 18.5 Å². The summed E-state index contributed by atoms with van der Waals surface area (Å²) < 4.78 is 34.1. The molecular formula is C18H20N4O5S. The third kappa shape index (κ3) is 3.82. The summed E-state index contributed by atoms with van der Waals surface area (Å²) in [6.45, 7) is 3.63. The van der Waals surface area contributed by atoms with Crippen LogP contribution in [0.1, 0.15) is 22.7 Å². The summed E-state index contributed by atoms with van der Waals surface area (Å²) in [4.78, 5) is 10.6. The molecule has 0 atom stereocenters. The Labute approximate surface area is 162 Å². The first-order valence-corrected chi connectivity index (χ1v) is 9.90. The van der Waals surface area contributed by atoms with Crippen molar-refractivity contribution >= 4 is 15.7 Å². The van der Waals surface area contributed by atoms with Crippen LogP contribution in [-0.4, -0.2) is 34.5 Å². The molecule has 1 aromatic carbocycles. The Kier molecular flexibility index (Phi) is 5.34. The molecule has 28 heavy (non-hydrogen) atoms. The minimum absolute atomic E-state index is 0.0231. The smallest absolute Gasteiger partial charge is 0.269 e. The molecule has 10 heteroatoms. The highest BCUT2D eigenvalue weighted by atomic mass is 32.2. The first-order valence-electron chi connectivity index (χ1n) is 8.46. The van der Waals surface area contributed by atoms with Crippen LogP contribution in [0.3, 0.4) is 0 Å². The van der Waals surface area contributed by atoms with Gasteiger partial charge in [0.05, 0.1) is 35.7 Å². The van der Waals surface area contributed by atoms with Gasteiger partial charge in [0, 0.05) is 19.2 Å². The second-order valence-corrected chi connectivity index (χ2v) is 8.41. The van der Waals surface area contributed by atoms with Gasteiger partial charge in [0.1, 0.15) is 10.7 Å². The van der Waals surface area contributed by atoms with Crippen molar-refractivity contribution in [1.29, 1.82) is 0 Å². The van der Waals surface area contributed by atoms with Gasteiger partial charge in [-0.3, -0.25) is 14.8 Å². The maximum absolute atomic E-state index is 13.1. The van der Waals surface area contributed by atoms with Crippen LogP contribution in [0, 0.1) is 24.0 Å². The van der Waals surface area contributed by atoms with E-state index in [-0.39, 0.29) is 23.7 Å². The highest BCUT2D eigenvalue weighted by molar-refractivity contribution is 7.89. The fourth-order valence-electron chi connectivity index (χ4n) is 3.01. The molecule has 0 N–H and O–H groups in total. The van der Waals surface area contributed by atoms with Gasteiger partial charge in [0.15, 0.2) is 0 Å². The SMILES string of the molecule is Cc1nn(Cc2cccc([N+](=O)[O-])c2)c(C)c1S(=O)(=O)N(C)Cc1ccco1. The molecule has 0 aliphatic rings. The van der Waals surface area contributed by atoms with E-state index < -0.39 is 14.9 Å². The molecule has 0 aliphatic heterocycles. The topological polar surface area (TPSA) is 111 Å². The minimum Gasteiger partial charge on any atom is -0.468 e. The molecular weight excluding hydrogens is 384 g/mol. The summed E-state index contributed by atoms with van der Waals surface area (Å²) in [6, 6.07) is 9.59. The monoisotopic (exact) mass is 404 g/mol. The van der Waals surface area contributed by atoms with Crippen molar-refractivity contribution in [3.05, 3.63) is 75.5 Å². The van der Waals surface area contributed by atoms with Gasteiger partial charge in [-0.15, -0.1) is 0 Å². The molecule has 2 heterocycles. The lowest BCUT2D eigenvalue weighted by atomic mass is 10.2. The van der Waals surface area contributed by atoms with Crippen LogP contribution in [0.2, 0.25) is 0 Å². The van der Waals surface area contributed by atoms with Crippen LogP contribution in [0.25, 0.3) is 0 Å². The van der Waals surface area contributed by atoms with Crippen molar-refractivity contribution in [2.24, 2.45) is 0 Å². The second kappa shape index (κ2) is 7.56. The fourth-order valence-corrected chi connectivity index (χ4v) is 4.51. The molecule has 0 fully saturated rings. The number of aryl methyl sites for hydroxylation is 1. The number of non-ortho nitro benzene ring substituents is 1. The van der Waals surface area contributed by atoms with Crippen LogP contribution in [0.5, 0.6) is 0 Å². The number of hydrogen-bond donors (Lipinski definition) is 0. The molecule has 0 saturated heterocycles. The highest BCUT2D eigenvalue weighted by Gasteiger charge is 2.29. The van der Waals surface area contributed by atoms with Crippen LogP contribution in [0.15, 0.2) is 52.0 Å². The Hall–Kier alpha value is -2.98. The van der Waals surface area contributed by atoms with Gasteiger partial charge in [0.25, 0.3) is 5.69 Å². The van der Waals surface area contributed by atoms with Gasteiger partial charge in [-0.05, 0) is 31.5 Å². The summed E-state index contributed by atoms with van der Waals surface area (Å²) in [5, 5.41) is 15.3. The Morgan fingerprint density at radius 3 is 2.64 bits per heavy atom. The van der Waals surface area contributed by atoms with E-state index in [1.165, 1.54) is 29.7 Å². The highest BCUT2D eigenvalue weighted by Crippen LogP contribution is 2.25. The van der Waals surface area contributed by atoms with Crippen LogP contribution in [-0.2, 0) is 23.1 Å². The third-order valence-electron chi connectivity index (χ3n) is 4.40. The van der Waals surface area contributed by atoms with Gasteiger partial charge >= 0.3 is 0 Å². The average molecular weight is 404 g/mol. The number of benzene rings is 1. The lowest BCUT2D eigenvalue weighted by Gasteiger charge is -2.16. The molecule has 3 rings (SSSR count). The Morgan fingerprint density at radius 2 is 2.00 bits per heavy atom. The maximum Gasteiger partial charge on any atom is 0.269 e. The van der Waals surface area contributed by atoms with Crippen molar-refractivity contribution in [2.75, 3.05) is 7.05 Å². The molecule has 9 nitrogen and oxygen atoms in total. The second-order valence-electron chi connectivity index (χ2n) is 6.43. The first-order chi connectivity index (χ1) is 13.2. The van der Waals surface area contributed by atoms with E-state index in [0.29, 0.717) is 22.7 Å². The minimum atomic E-state index is -3.79. The van der Waals surface area contributed by atoms with Gasteiger partial charge in [-0.1, -0.05) is 12.1 Å². The van der Waals surface area contributed by atoms with Crippen LogP contribution >= 0.6 is 0 Å². The van der Waals surface area contributed by atoms with Crippen molar-refractivity contribution in [3.63, 3.8) is 0 Å². The molecule has 0 saturated carbocycles. The van der Waals surface area contributed by atoms with E-state index in [1.54, 1.807) is 42.8 Å². The van der Waals surface area contributed by atoms with Crippen molar-refractivity contribution in [2.45, 2.75) is 31.8 Å². The van der Waals surface area contributed by atoms with Crippen LogP contribution in [0.4, 0.5) is 5.69 Å². The summed E-state index contributed by atoms with van der Waals surface area (Å²) in [5.74, 6) is 0.533. The van der Waals surface area contributed by atoms with Crippen molar-refractivity contribution < 1.29 is 17.8 Å². The maximum atomic E-state index is 13.1. The van der Waals surface area contributed by atoms with Crippen molar-refractivity contribution in [3.8, 4) is 0 Å². The van der Waals surface area contributed by atoms with E-state index in [1.807, 2.05) is 0 Å². The van der Waals surface area contributed by atoms with Gasteiger partial charge < -0.3 is 4.42 Å². The van der Waals surface area contributed by atoms with Gasteiger partial charge in [-0.2, -0.15) is 9.40 Å². The lowest BCUT2D eigenvalue weighted by Crippen LogP contribution is -2.27. The van der Waals surface area contributed by atoms with E-state index >= 15 is 0 Å². The zero-order chi connectivity index (χ0) is 20.5. The number of nitro groups is 1. The Balaban J connectivity index is 1.91. The third-order valence-corrected chi connectivity index (χ3v) is 6.45. The first kappa shape index (κ1) is 19.8. The Bertz CT molecular complexity index is 1100. The number of rotatable bonds is 7. The summed E-state index contributed by atoms with van der Waals surface area (Å²) in [7, 11) is -2.31. The zero-order valence-electron chi connectivity index (χ0n) is 15.7. The summed E-state index contributed by atoms with van der Waals surface area (Å²) >= 11 is 0. The number of sulfonamides is 1. The quantitative estimate of drug-likeness (QED) is 0.442. The summed E-state index contributed by atoms with van der Waals surface area (Å²) in [5.41, 5.74) is 1.47. The van der Waals surface area contributed by atoms with Gasteiger partial charge in [-0.25, -0.2) is 8.42 Å². The van der Waals surface area contributed by atoms with Crippen molar-refractivity contribution in [1.82, 2.24) is 14.1 Å². The zero-order valence-corrected chi connectivity index (χ0v) is 16.5. The number of nitro benzene ring substituents is 1. The Morgan fingerprint density at radius 1 is 1.25 bits per heavy atom. The normalized spacial score (nSPS) is 11.9. The molecule has 2 aromatic heterocycles. The molecule has 0 radical (unpaired) electrons. The number of hydrogen-bond acceptors (Lipinski definition) is 6. The van der Waals surface area contributed by atoms with Crippen LogP contribution < -0.4 is 0 Å². The molecule has 3 aromatic rings. The predicted octanol–water partition coefficient (Wildman–Crippen LogP) is 2.87. The standard InChI is InChI=1S/C18H20N4O5S/c1-13-18(28(25,26)20(3)12-17-8-5-9-27-17)14(2)21(19-13)11-15-6-4-7-16(10-15)22(23)24/h4-10H,11-12H2,1-3H3. The molecule has 0 amide bonds. The molecule has 0 spiro atoms. The molecule has 0 unspecified atom stereocenters. The molecule has 148 valence electrons. The largest absolute Gasteiger partial charge is 0.468 e. The number of furan rings is 1. The summed E-state index contributed by atoms with van der Waals surface area (Å²) in [6.07, 6.45) is 1.49. The van der Waals surface area contributed by atoms with E-state index in [0.717, 1.165) is 0 Å². The lowest BCUT2D eigenvalue weighted by molar-refractivity contribution is -0.384. The van der Waals surface area contributed by atoms with Gasteiger partial charge in [0.2, 0.25) is 10.0 Å². The van der Waals surface area contributed by atoms with E-state index in [2.05, 4.69) is 5.10 Å². The van der Waals surface area contributed by atoms with E-state index in [4.69, 9.17) is 4.42 Å². The average Bonchev–Trinajstić information content (AvgIpc) is 3.23. The number of aromatic nitrogens is 2. The molecule has 0 bridgehead atoms. The molecule has 0 aliphatic carbocycles. The number of nitrogens with zero attached hydrogens (tertiary/aromatic N) is 4. The fraction of sp³-hybridized carbons (Fsp3) is 0.278.